The molecule has 3 aliphatic heterocycles. The van der Waals surface area contributed by atoms with Crippen LogP contribution >= 0.6 is 11.3 Å². The maximum absolute atomic E-state index is 5.28. The molecule has 0 bridgehead atoms. The van der Waals surface area contributed by atoms with Gasteiger partial charge in [0, 0.05) is 36.1 Å². The van der Waals surface area contributed by atoms with E-state index in [2.05, 4.69) is 51.6 Å². The topological polar surface area (TPSA) is 15.7 Å². The van der Waals surface area contributed by atoms with E-state index < -0.39 is 0 Å². The Balaban J connectivity index is 1.33. The maximum Gasteiger partial charge on any atom is 0.118 e. The minimum absolute atomic E-state index is 0.446. The van der Waals surface area contributed by atoms with Crippen LogP contribution in [0.5, 0.6) is 5.75 Å². The first-order chi connectivity index (χ1) is 12.3. The molecule has 3 atom stereocenters. The fraction of sp³-hybridized carbons (Fsp3) is 0.524. The van der Waals surface area contributed by atoms with Crippen molar-refractivity contribution in [2.75, 3.05) is 26.7 Å². The molecule has 3 nitrogen and oxygen atoms in total. The summed E-state index contributed by atoms with van der Waals surface area (Å²) in [7, 11) is 1.73. The summed E-state index contributed by atoms with van der Waals surface area (Å²) in [6.07, 6.45) is 4.10. The Morgan fingerprint density at radius 2 is 2.12 bits per heavy atom. The minimum Gasteiger partial charge on any atom is -0.497 e. The van der Waals surface area contributed by atoms with Crippen molar-refractivity contribution in [3.8, 4) is 5.75 Å². The fourth-order valence-corrected chi connectivity index (χ4v) is 6.46. The van der Waals surface area contributed by atoms with Gasteiger partial charge in [0.1, 0.15) is 5.75 Å². The highest BCUT2D eigenvalue weighted by Gasteiger charge is 2.59. The molecule has 0 amide bonds. The van der Waals surface area contributed by atoms with Gasteiger partial charge in [-0.25, -0.2) is 0 Å². The van der Waals surface area contributed by atoms with Gasteiger partial charge in [-0.2, -0.15) is 0 Å². The summed E-state index contributed by atoms with van der Waals surface area (Å²) < 4.78 is 5.28. The minimum atomic E-state index is 0.446. The third-order valence-electron chi connectivity index (χ3n) is 6.64. The molecule has 4 heterocycles. The van der Waals surface area contributed by atoms with Crippen molar-refractivity contribution in [2.24, 2.45) is 5.92 Å². The van der Waals surface area contributed by atoms with Gasteiger partial charge in [0.2, 0.25) is 0 Å². The first-order valence-electron chi connectivity index (χ1n) is 9.44. The molecule has 4 heteroatoms. The first kappa shape index (κ1) is 15.9. The maximum atomic E-state index is 5.28. The molecule has 3 saturated heterocycles. The zero-order valence-corrected chi connectivity index (χ0v) is 15.7. The van der Waals surface area contributed by atoms with Gasteiger partial charge in [-0.1, -0.05) is 18.2 Å². The molecular formula is C21H26N2OS. The highest BCUT2D eigenvalue weighted by molar-refractivity contribution is 7.10. The van der Waals surface area contributed by atoms with E-state index in [1.165, 1.54) is 44.5 Å². The average Bonchev–Trinajstić information content (AvgIpc) is 3.37. The van der Waals surface area contributed by atoms with Gasteiger partial charge in [-0.15, -0.1) is 11.3 Å². The number of benzene rings is 1. The monoisotopic (exact) mass is 354 g/mol. The lowest BCUT2D eigenvalue weighted by molar-refractivity contribution is 0.132. The predicted octanol–water partition coefficient (Wildman–Crippen LogP) is 4.17. The Morgan fingerprint density at radius 1 is 1.24 bits per heavy atom. The van der Waals surface area contributed by atoms with Crippen LogP contribution in [0.15, 0.2) is 41.8 Å². The van der Waals surface area contributed by atoms with Gasteiger partial charge < -0.3 is 4.74 Å². The second kappa shape index (κ2) is 6.11. The van der Waals surface area contributed by atoms with Crippen LogP contribution in [0.1, 0.15) is 35.7 Å². The molecule has 0 radical (unpaired) electrons. The van der Waals surface area contributed by atoms with E-state index >= 15 is 0 Å². The number of hydrogen-bond acceptors (Lipinski definition) is 4. The number of ether oxygens (including phenoxy) is 1. The normalized spacial score (nSPS) is 32.0. The van der Waals surface area contributed by atoms with Gasteiger partial charge in [0.25, 0.3) is 0 Å². The molecule has 0 N–H and O–H groups in total. The van der Waals surface area contributed by atoms with Crippen LogP contribution in [-0.2, 0) is 6.54 Å². The summed E-state index contributed by atoms with van der Waals surface area (Å²) in [4.78, 5) is 7.14. The van der Waals surface area contributed by atoms with Crippen LogP contribution in [0.25, 0.3) is 0 Å². The Kier molecular flexibility index (Phi) is 3.88. The van der Waals surface area contributed by atoms with E-state index in [0.717, 1.165) is 18.2 Å². The molecule has 132 valence electrons. The van der Waals surface area contributed by atoms with Crippen molar-refractivity contribution in [1.82, 2.24) is 9.80 Å². The van der Waals surface area contributed by atoms with Crippen molar-refractivity contribution in [3.63, 3.8) is 0 Å². The van der Waals surface area contributed by atoms with E-state index in [0.29, 0.717) is 11.6 Å². The third-order valence-corrected chi connectivity index (χ3v) is 7.61. The Morgan fingerprint density at radius 3 is 2.88 bits per heavy atom. The lowest BCUT2D eigenvalue weighted by Crippen LogP contribution is -2.45. The lowest BCUT2D eigenvalue weighted by atomic mass is 9.86. The highest BCUT2D eigenvalue weighted by Crippen LogP contribution is 2.56. The van der Waals surface area contributed by atoms with Crippen LogP contribution in [-0.4, -0.2) is 42.1 Å². The SMILES string of the molecule is COc1ccc(CN2C[C@@H]3C[C@H](c4cccs4)N4CCC[C@@]34C2)cc1. The first-order valence-corrected chi connectivity index (χ1v) is 10.3. The number of methoxy groups -OCH3 is 1. The molecule has 1 spiro atoms. The fourth-order valence-electron chi connectivity index (χ4n) is 5.61. The van der Waals surface area contributed by atoms with E-state index in [1.807, 2.05) is 11.3 Å². The summed E-state index contributed by atoms with van der Waals surface area (Å²) in [5.41, 5.74) is 1.85. The van der Waals surface area contributed by atoms with Crippen molar-refractivity contribution >= 4 is 11.3 Å². The van der Waals surface area contributed by atoms with E-state index in [4.69, 9.17) is 4.74 Å². The number of nitrogens with zero attached hydrogens (tertiary/aromatic N) is 2. The van der Waals surface area contributed by atoms with E-state index in [9.17, 15) is 0 Å². The van der Waals surface area contributed by atoms with Crippen molar-refractivity contribution in [1.29, 1.82) is 0 Å². The van der Waals surface area contributed by atoms with Crippen molar-refractivity contribution in [2.45, 2.75) is 37.4 Å². The number of hydrogen-bond donors (Lipinski definition) is 0. The number of thiophene rings is 1. The molecule has 2 aromatic rings. The van der Waals surface area contributed by atoms with Crippen LogP contribution < -0.4 is 4.74 Å². The summed E-state index contributed by atoms with van der Waals surface area (Å²) in [5, 5.41) is 2.24. The zero-order valence-electron chi connectivity index (χ0n) is 14.9. The van der Waals surface area contributed by atoms with E-state index in [-0.39, 0.29) is 0 Å². The van der Waals surface area contributed by atoms with Crippen molar-refractivity contribution in [3.05, 3.63) is 52.2 Å². The summed E-state index contributed by atoms with van der Waals surface area (Å²) in [5.74, 6) is 1.78. The van der Waals surface area contributed by atoms with Gasteiger partial charge >= 0.3 is 0 Å². The Hall–Kier alpha value is -1.36. The Bertz CT molecular complexity index is 729. The second-order valence-electron chi connectivity index (χ2n) is 7.88. The molecular weight excluding hydrogens is 328 g/mol. The highest BCUT2D eigenvalue weighted by atomic mass is 32.1. The smallest absolute Gasteiger partial charge is 0.118 e. The molecule has 5 rings (SSSR count). The number of likely N-dealkylation sites (tertiary alicyclic amines) is 1. The van der Waals surface area contributed by atoms with Crippen molar-refractivity contribution < 1.29 is 4.74 Å². The van der Waals surface area contributed by atoms with E-state index in [1.54, 1.807) is 12.0 Å². The molecule has 25 heavy (non-hydrogen) atoms. The molecule has 1 aromatic heterocycles. The summed E-state index contributed by atoms with van der Waals surface area (Å²) in [6, 6.07) is 13.8. The molecule has 3 fully saturated rings. The van der Waals surface area contributed by atoms with Crippen LogP contribution in [0.2, 0.25) is 0 Å². The van der Waals surface area contributed by atoms with Gasteiger partial charge in [-0.3, -0.25) is 9.80 Å². The quantitative estimate of drug-likeness (QED) is 0.820. The molecule has 0 unspecified atom stereocenters. The zero-order chi connectivity index (χ0) is 16.9. The predicted molar refractivity (Wildman–Crippen MR) is 102 cm³/mol. The standard InChI is InChI=1S/C21H26N2OS/c1-24-18-7-5-16(6-8-18)13-22-14-17-12-19(20-4-2-11-25-20)23-10-3-9-21(17,23)15-22/h2,4-8,11,17,19H,3,9-10,12-15H2,1H3/t17-,19+,21+/m0/s1. The third kappa shape index (κ3) is 2.54. The summed E-state index contributed by atoms with van der Waals surface area (Å²) >= 11 is 1.94. The molecule has 3 aliphatic rings. The summed E-state index contributed by atoms with van der Waals surface area (Å²) in [6.45, 7) is 4.85. The van der Waals surface area contributed by atoms with Gasteiger partial charge in [0.05, 0.1) is 7.11 Å². The molecule has 1 aromatic carbocycles. The van der Waals surface area contributed by atoms with Crippen LogP contribution in [0.4, 0.5) is 0 Å². The average molecular weight is 355 g/mol. The molecule has 0 aliphatic carbocycles. The molecule has 0 saturated carbocycles. The van der Waals surface area contributed by atoms with Crippen LogP contribution in [0.3, 0.4) is 0 Å². The van der Waals surface area contributed by atoms with Gasteiger partial charge in [-0.05, 0) is 60.9 Å². The second-order valence-corrected chi connectivity index (χ2v) is 8.86. The van der Waals surface area contributed by atoms with Crippen LogP contribution in [0, 0.1) is 5.92 Å². The number of rotatable bonds is 4. The van der Waals surface area contributed by atoms with Gasteiger partial charge in [0.15, 0.2) is 0 Å². The Labute approximate surface area is 154 Å². The lowest BCUT2D eigenvalue weighted by Gasteiger charge is -2.35. The largest absolute Gasteiger partial charge is 0.497 e.